The van der Waals surface area contributed by atoms with Crippen molar-refractivity contribution in [2.75, 3.05) is 48.3 Å². The smallest absolute Gasteiger partial charge is 0.252 e. The summed E-state index contributed by atoms with van der Waals surface area (Å²) in [5, 5.41) is 1.76. The molecule has 0 atom stereocenters. The molecule has 1 rings (SSSR count). The van der Waals surface area contributed by atoms with E-state index in [2.05, 4.69) is 4.99 Å². The van der Waals surface area contributed by atoms with Crippen LogP contribution in [0.15, 0.2) is 26.7 Å². The van der Waals surface area contributed by atoms with E-state index in [-0.39, 0.29) is 24.0 Å². The highest BCUT2D eigenvalue weighted by atomic mass is 127. The van der Waals surface area contributed by atoms with Crippen LogP contribution in [0.1, 0.15) is 0 Å². The summed E-state index contributed by atoms with van der Waals surface area (Å²) >= 11 is 1.23. The summed E-state index contributed by atoms with van der Waals surface area (Å²) in [5.41, 5.74) is 0. The Labute approximate surface area is 148 Å². The Balaban J connectivity index is 0.00000400. The summed E-state index contributed by atoms with van der Waals surface area (Å²) in [6.45, 7) is 0.776. The first kappa shape index (κ1) is 20.6. The molecule has 0 unspecified atom stereocenters. The van der Waals surface area contributed by atoms with Crippen molar-refractivity contribution < 1.29 is 8.42 Å². The van der Waals surface area contributed by atoms with Crippen LogP contribution >= 0.6 is 35.3 Å². The maximum atomic E-state index is 12.2. The zero-order valence-electron chi connectivity index (χ0n) is 13.0. The third-order valence-corrected chi connectivity index (χ3v) is 5.86. The van der Waals surface area contributed by atoms with E-state index in [4.69, 9.17) is 0 Å². The van der Waals surface area contributed by atoms with Gasteiger partial charge in [-0.3, -0.25) is 4.99 Å². The minimum atomic E-state index is -3.38. The Bertz CT molecular complexity index is 532. The molecule has 1 aromatic rings. The molecule has 0 radical (unpaired) electrons. The Hall–Kier alpha value is -0.390. The first-order valence-electron chi connectivity index (χ1n) is 6.15. The summed E-state index contributed by atoms with van der Waals surface area (Å²) in [6, 6.07) is 3.35. The van der Waals surface area contributed by atoms with Gasteiger partial charge in [0.25, 0.3) is 10.0 Å². The van der Waals surface area contributed by atoms with Crippen LogP contribution in [0.4, 0.5) is 0 Å². The van der Waals surface area contributed by atoms with Crippen LogP contribution in [0.3, 0.4) is 0 Å². The van der Waals surface area contributed by atoms with Crippen LogP contribution in [0.2, 0.25) is 0 Å². The third kappa shape index (κ3) is 5.72. The number of sulfonamides is 1. The van der Waals surface area contributed by atoms with Gasteiger partial charge < -0.3 is 9.80 Å². The average Bonchev–Trinajstić information content (AvgIpc) is 2.87. The van der Waals surface area contributed by atoms with Crippen molar-refractivity contribution in [3.63, 3.8) is 0 Å². The fourth-order valence-electron chi connectivity index (χ4n) is 1.66. The average molecular weight is 446 g/mol. The standard InChI is InChI=1S/C12H22N4O2S2.HI/c1-14(2)12(15(3)4)13-8-9-16(5)20(17,18)11-7-6-10-19-11;/h6-7,10H,8-9H2,1-5H3;1H. The van der Waals surface area contributed by atoms with Gasteiger partial charge >= 0.3 is 0 Å². The summed E-state index contributed by atoms with van der Waals surface area (Å²) < 4.78 is 26.1. The first-order chi connectivity index (χ1) is 9.26. The van der Waals surface area contributed by atoms with E-state index < -0.39 is 10.0 Å². The predicted molar refractivity (Wildman–Crippen MR) is 99.2 cm³/mol. The van der Waals surface area contributed by atoms with Gasteiger partial charge in [0.05, 0.1) is 6.54 Å². The van der Waals surface area contributed by atoms with Gasteiger partial charge in [-0.15, -0.1) is 35.3 Å². The van der Waals surface area contributed by atoms with Crippen LogP contribution in [0, 0.1) is 0 Å². The molecular formula is C12H23IN4O2S2. The van der Waals surface area contributed by atoms with Crippen LogP contribution in [-0.4, -0.2) is 76.8 Å². The predicted octanol–water partition coefficient (Wildman–Crippen LogP) is 1.47. The molecule has 0 spiro atoms. The SMILES string of the molecule is CN(C)C(=NCCN(C)S(=O)(=O)c1cccs1)N(C)C.I. The minimum absolute atomic E-state index is 0. The van der Waals surface area contributed by atoms with Gasteiger partial charge in [0.1, 0.15) is 4.21 Å². The van der Waals surface area contributed by atoms with E-state index in [0.29, 0.717) is 17.3 Å². The van der Waals surface area contributed by atoms with Crippen LogP contribution in [0.5, 0.6) is 0 Å². The Morgan fingerprint density at radius 3 is 2.19 bits per heavy atom. The van der Waals surface area contributed by atoms with Gasteiger partial charge in [-0.25, -0.2) is 8.42 Å². The van der Waals surface area contributed by atoms with E-state index >= 15 is 0 Å². The minimum Gasteiger partial charge on any atom is -0.349 e. The van der Waals surface area contributed by atoms with E-state index in [9.17, 15) is 8.42 Å². The first-order valence-corrected chi connectivity index (χ1v) is 8.47. The monoisotopic (exact) mass is 446 g/mol. The number of halogens is 1. The Morgan fingerprint density at radius 1 is 1.19 bits per heavy atom. The van der Waals surface area contributed by atoms with Gasteiger partial charge in [-0.1, -0.05) is 6.07 Å². The van der Waals surface area contributed by atoms with Crippen LogP contribution in [0.25, 0.3) is 0 Å². The van der Waals surface area contributed by atoms with E-state index in [1.54, 1.807) is 24.6 Å². The lowest BCUT2D eigenvalue weighted by molar-refractivity contribution is 0.461. The molecule has 0 aliphatic carbocycles. The van der Waals surface area contributed by atoms with Crippen molar-refractivity contribution in [1.29, 1.82) is 0 Å². The molecule has 6 nitrogen and oxygen atoms in total. The van der Waals surface area contributed by atoms with Crippen molar-refractivity contribution in [2.45, 2.75) is 4.21 Å². The van der Waals surface area contributed by atoms with Gasteiger partial charge in [-0.05, 0) is 11.4 Å². The summed E-state index contributed by atoms with van der Waals surface area (Å²) in [7, 11) is 5.83. The lowest BCUT2D eigenvalue weighted by Gasteiger charge is -2.23. The van der Waals surface area contributed by atoms with Gasteiger partial charge in [-0.2, -0.15) is 4.31 Å². The van der Waals surface area contributed by atoms with Gasteiger partial charge in [0.2, 0.25) is 0 Å². The molecule has 0 bridgehead atoms. The quantitative estimate of drug-likeness (QED) is 0.391. The molecule has 0 saturated carbocycles. The highest BCUT2D eigenvalue weighted by Gasteiger charge is 2.21. The number of aliphatic imine (C=N–C) groups is 1. The number of likely N-dealkylation sites (N-methyl/N-ethyl adjacent to an activating group) is 1. The van der Waals surface area contributed by atoms with Gasteiger partial charge in [0.15, 0.2) is 5.96 Å². The molecule has 1 aromatic heterocycles. The number of hydrogen-bond acceptors (Lipinski definition) is 4. The van der Waals surface area contributed by atoms with Crippen molar-refractivity contribution >= 4 is 51.3 Å². The zero-order chi connectivity index (χ0) is 15.3. The highest BCUT2D eigenvalue weighted by Crippen LogP contribution is 2.19. The Morgan fingerprint density at radius 2 is 1.76 bits per heavy atom. The number of thiophene rings is 1. The maximum Gasteiger partial charge on any atom is 0.252 e. The third-order valence-electron chi connectivity index (χ3n) is 2.63. The van der Waals surface area contributed by atoms with Crippen molar-refractivity contribution in [3.8, 4) is 0 Å². The van der Waals surface area contributed by atoms with E-state index in [1.807, 2.05) is 38.0 Å². The summed E-state index contributed by atoms with van der Waals surface area (Å²) in [5.74, 6) is 0.812. The van der Waals surface area contributed by atoms with Crippen molar-refractivity contribution in [2.24, 2.45) is 4.99 Å². The molecule has 0 aliphatic heterocycles. The second-order valence-corrected chi connectivity index (χ2v) is 7.95. The molecule has 0 aliphatic rings. The second kappa shape index (κ2) is 8.91. The molecule has 0 fully saturated rings. The molecule has 0 N–H and O–H groups in total. The van der Waals surface area contributed by atoms with Gasteiger partial charge in [0, 0.05) is 41.8 Å². The highest BCUT2D eigenvalue weighted by molar-refractivity contribution is 14.0. The topological polar surface area (TPSA) is 56.2 Å². The Kier molecular flexibility index (Phi) is 8.74. The molecule has 0 amide bonds. The fraction of sp³-hybridized carbons (Fsp3) is 0.583. The molecular weight excluding hydrogens is 423 g/mol. The number of hydrogen-bond donors (Lipinski definition) is 0. The van der Waals surface area contributed by atoms with E-state index in [0.717, 1.165) is 5.96 Å². The number of nitrogens with zero attached hydrogens (tertiary/aromatic N) is 4. The van der Waals surface area contributed by atoms with Crippen molar-refractivity contribution in [1.82, 2.24) is 14.1 Å². The lowest BCUT2D eigenvalue weighted by atomic mass is 10.6. The fourth-order valence-corrected chi connectivity index (χ4v) is 4.02. The molecule has 0 aromatic carbocycles. The molecule has 9 heteroatoms. The molecule has 1 heterocycles. The molecule has 122 valence electrons. The van der Waals surface area contributed by atoms with E-state index in [1.165, 1.54) is 15.6 Å². The zero-order valence-corrected chi connectivity index (χ0v) is 16.9. The van der Waals surface area contributed by atoms with Crippen LogP contribution < -0.4 is 0 Å². The normalized spacial score (nSPS) is 11.0. The second-order valence-electron chi connectivity index (χ2n) is 4.73. The maximum absolute atomic E-state index is 12.2. The number of guanidine groups is 1. The largest absolute Gasteiger partial charge is 0.349 e. The lowest BCUT2D eigenvalue weighted by Crippen LogP contribution is -2.36. The van der Waals surface area contributed by atoms with Crippen molar-refractivity contribution in [3.05, 3.63) is 17.5 Å². The van der Waals surface area contributed by atoms with Crippen LogP contribution in [-0.2, 0) is 10.0 Å². The molecule has 21 heavy (non-hydrogen) atoms. The number of rotatable bonds is 5. The summed E-state index contributed by atoms with van der Waals surface area (Å²) in [6.07, 6.45) is 0. The molecule has 0 saturated heterocycles. The summed E-state index contributed by atoms with van der Waals surface area (Å²) in [4.78, 5) is 8.22.